The summed E-state index contributed by atoms with van der Waals surface area (Å²) in [7, 11) is 0. The molecular weight excluding hydrogens is 367 g/mol. The Kier molecular flexibility index (Phi) is 8.92. The summed E-state index contributed by atoms with van der Waals surface area (Å²) in [5.74, 6) is -1.90. The van der Waals surface area contributed by atoms with Crippen molar-refractivity contribution in [3.05, 3.63) is 30.1 Å². The van der Waals surface area contributed by atoms with Crippen molar-refractivity contribution in [2.75, 3.05) is 23.9 Å². The number of thioether (sulfide) groups is 1. The first-order valence-corrected chi connectivity index (χ1v) is 8.79. The Morgan fingerprint density at radius 1 is 1.27 bits per heavy atom. The molecule has 9 nitrogen and oxygen atoms in total. The monoisotopic (exact) mass is 386 g/mol. The van der Waals surface area contributed by atoms with E-state index in [1.165, 1.54) is 30.0 Å². The topological polar surface area (TPSA) is 140 Å². The van der Waals surface area contributed by atoms with Crippen LogP contribution < -0.4 is 21.7 Å². The van der Waals surface area contributed by atoms with Crippen molar-refractivity contribution >= 4 is 41.4 Å². The van der Waals surface area contributed by atoms with Gasteiger partial charge < -0.3 is 21.1 Å². The minimum atomic E-state index is -1.00. The number of rotatable bonds is 8. The van der Waals surface area contributed by atoms with E-state index in [4.69, 9.17) is 10.5 Å². The van der Waals surface area contributed by atoms with Gasteiger partial charge >= 0.3 is 18.0 Å². The van der Waals surface area contributed by atoms with Crippen molar-refractivity contribution < 1.29 is 28.3 Å². The lowest BCUT2D eigenvalue weighted by atomic mass is 10.2. The third-order valence-corrected chi connectivity index (χ3v) is 3.58. The zero-order valence-electron chi connectivity index (χ0n) is 13.9. The lowest BCUT2D eigenvalue weighted by molar-refractivity contribution is -0.150. The first-order chi connectivity index (χ1) is 12.3. The smallest absolute Gasteiger partial charge is 0.329 e. The third kappa shape index (κ3) is 7.83. The number of nitrogens with one attached hydrogen (secondary N) is 3. The molecule has 1 rings (SSSR count). The lowest BCUT2D eigenvalue weighted by Crippen LogP contribution is -2.46. The Balaban J connectivity index is 2.46. The zero-order chi connectivity index (χ0) is 19.5. The highest BCUT2D eigenvalue weighted by Crippen LogP contribution is 2.11. The van der Waals surface area contributed by atoms with Crippen molar-refractivity contribution in [3.63, 3.8) is 0 Å². The summed E-state index contributed by atoms with van der Waals surface area (Å²) in [6.45, 7) is -0.750. The fraction of sp³-hybridized carbons (Fsp3) is 0.333. The molecule has 0 aliphatic carbocycles. The number of halogens is 1. The number of imide groups is 1. The molecule has 0 radical (unpaired) electrons. The van der Waals surface area contributed by atoms with Gasteiger partial charge in [-0.3, -0.25) is 10.1 Å². The van der Waals surface area contributed by atoms with Gasteiger partial charge in [-0.1, -0.05) is 12.1 Å². The number of para-hydroxylation sites is 1. The maximum atomic E-state index is 13.4. The van der Waals surface area contributed by atoms with Gasteiger partial charge in [-0.25, -0.2) is 18.8 Å². The Labute approximate surface area is 153 Å². The molecule has 0 saturated heterocycles. The van der Waals surface area contributed by atoms with Crippen molar-refractivity contribution in [2.24, 2.45) is 5.73 Å². The summed E-state index contributed by atoms with van der Waals surface area (Å²) in [4.78, 5) is 46.0. The molecular formula is C15H19FN4O5S. The van der Waals surface area contributed by atoms with Gasteiger partial charge in [0.2, 0.25) is 0 Å². The van der Waals surface area contributed by atoms with Crippen molar-refractivity contribution in [2.45, 2.75) is 12.5 Å². The average Bonchev–Trinajstić information content (AvgIpc) is 2.58. The van der Waals surface area contributed by atoms with E-state index in [9.17, 15) is 23.6 Å². The molecule has 1 aromatic rings. The molecule has 11 heteroatoms. The van der Waals surface area contributed by atoms with Gasteiger partial charge in [0, 0.05) is 0 Å². The number of ether oxygens (including phenoxy) is 1. The van der Waals surface area contributed by atoms with Crippen LogP contribution in [0.25, 0.3) is 0 Å². The number of nitrogens with two attached hydrogens (primary N) is 1. The molecule has 0 aliphatic rings. The van der Waals surface area contributed by atoms with Crippen LogP contribution in [0.15, 0.2) is 24.3 Å². The number of urea groups is 2. The highest BCUT2D eigenvalue weighted by molar-refractivity contribution is 7.98. The third-order valence-electron chi connectivity index (χ3n) is 2.93. The average molecular weight is 386 g/mol. The van der Waals surface area contributed by atoms with E-state index in [0.29, 0.717) is 5.75 Å². The van der Waals surface area contributed by atoms with Crippen LogP contribution in [0.5, 0.6) is 0 Å². The Morgan fingerprint density at radius 2 is 1.96 bits per heavy atom. The van der Waals surface area contributed by atoms with Crippen LogP contribution in [0.3, 0.4) is 0 Å². The lowest BCUT2D eigenvalue weighted by Gasteiger charge is -2.15. The first kappa shape index (κ1) is 21.2. The SMILES string of the molecule is CSCC[C@H](NC(N)=O)C(=O)OCC(=O)NC(=O)Nc1ccccc1F. The molecule has 5 amide bonds. The zero-order valence-corrected chi connectivity index (χ0v) is 14.7. The number of carbonyl (C=O) groups is 4. The quantitative estimate of drug-likeness (QED) is 0.488. The highest BCUT2D eigenvalue weighted by atomic mass is 32.2. The van der Waals surface area contributed by atoms with E-state index in [0.717, 1.165) is 6.07 Å². The van der Waals surface area contributed by atoms with Gasteiger partial charge in [-0.05, 0) is 30.6 Å². The number of hydrogen-bond acceptors (Lipinski definition) is 6. The summed E-state index contributed by atoms with van der Waals surface area (Å²) in [6.07, 6.45) is 2.08. The van der Waals surface area contributed by atoms with Crippen molar-refractivity contribution in [1.29, 1.82) is 0 Å². The number of benzene rings is 1. The summed E-state index contributed by atoms with van der Waals surface area (Å²) in [5, 5.41) is 6.24. The highest BCUT2D eigenvalue weighted by Gasteiger charge is 2.22. The van der Waals surface area contributed by atoms with Crippen LogP contribution in [0.4, 0.5) is 19.7 Å². The van der Waals surface area contributed by atoms with Crippen LogP contribution in [0.1, 0.15) is 6.42 Å². The van der Waals surface area contributed by atoms with Gasteiger partial charge in [-0.15, -0.1) is 0 Å². The Bertz CT molecular complexity index is 673. The van der Waals surface area contributed by atoms with Crippen molar-refractivity contribution in [3.8, 4) is 0 Å². The first-order valence-electron chi connectivity index (χ1n) is 7.40. The second kappa shape index (κ2) is 10.9. The molecule has 0 bridgehead atoms. The molecule has 1 aromatic carbocycles. The van der Waals surface area contributed by atoms with Gasteiger partial charge in [0.1, 0.15) is 11.9 Å². The van der Waals surface area contributed by atoms with Crippen molar-refractivity contribution in [1.82, 2.24) is 10.6 Å². The summed E-state index contributed by atoms with van der Waals surface area (Å²) >= 11 is 1.45. The van der Waals surface area contributed by atoms with Gasteiger partial charge in [-0.2, -0.15) is 11.8 Å². The predicted molar refractivity (Wildman–Crippen MR) is 94.0 cm³/mol. The second-order valence-electron chi connectivity index (χ2n) is 4.93. The van der Waals surface area contributed by atoms with E-state index in [2.05, 4.69) is 10.6 Å². The maximum absolute atomic E-state index is 13.4. The number of amides is 5. The largest absolute Gasteiger partial charge is 0.454 e. The molecule has 142 valence electrons. The van der Waals surface area contributed by atoms with Crippen LogP contribution >= 0.6 is 11.8 Å². The molecule has 1 atom stereocenters. The summed E-state index contributed by atoms with van der Waals surface area (Å²) < 4.78 is 18.1. The molecule has 0 aliphatic heterocycles. The van der Waals surface area contributed by atoms with Gasteiger partial charge in [0.15, 0.2) is 6.61 Å². The number of hydrogen-bond donors (Lipinski definition) is 4. The normalized spacial score (nSPS) is 11.2. The number of anilines is 1. The molecule has 0 unspecified atom stereocenters. The predicted octanol–water partition coefficient (Wildman–Crippen LogP) is 0.807. The molecule has 5 N–H and O–H groups in total. The van der Waals surface area contributed by atoms with Crippen LogP contribution in [-0.2, 0) is 14.3 Å². The molecule has 26 heavy (non-hydrogen) atoms. The summed E-state index contributed by atoms with van der Waals surface area (Å²) in [5.41, 5.74) is 4.87. The van der Waals surface area contributed by atoms with E-state index < -0.39 is 42.4 Å². The number of primary amides is 1. The minimum Gasteiger partial charge on any atom is -0.454 e. The van der Waals surface area contributed by atoms with E-state index in [1.54, 1.807) is 0 Å². The standard InChI is InChI=1S/C15H19FN4O5S/c1-26-7-6-11(18-14(17)23)13(22)25-8-12(21)20-15(24)19-10-5-3-2-4-9(10)16/h2-5,11H,6-8H2,1H3,(H3,17,18,23)(H2,19,20,21,24)/t11-/m0/s1. The fourth-order valence-corrected chi connectivity index (χ4v) is 2.24. The van der Waals surface area contributed by atoms with Crippen LogP contribution in [-0.4, -0.2) is 48.6 Å². The van der Waals surface area contributed by atoms with E-state index in [-0.39, 0.29) is 12.1 Å². The van der Waals surface area contributed by atoms with E-state index in [1.807, 2.05) is 11.6 Å². The number of esters is 1. The molecule has 0 saturated carbocycles. The van der Waals surface area contributed by atoms with E-state index >= 15 is 0 Å². The van der Waals surface area contributed by atoms with Crippen LogP contribution in [0, 0.1) is 5.82 Å². The second-order valence-corrected chi connectivity index (χ2v) is 5.92. The number of carbonyl (C=O) groups excluding carboxylic acids is 4. The van der Waals surface area contributed by atoms with Gasteiger partial charge in [0.05, 0.1) is 5.69 Å². The Morgan fingerprint density at radius 3 is 2.58 bits per heavy atom. The maximum Gasteiger partial charge on any atom is 0.329 e. The van der Waals surface area contributed by atoms with Crippen LogP contribution in [0.2, 0.25) is 0 Å². The molecule has 0 heterocycles. The molecule has 0 fully saturated rings. The Hall–Kier alpha value is -2.82. The summed E-state index contributed by atoms with van der Waals surface area (Å²) in [6, 6.07) is 2.51. The van der Waals surface area contributed by atoms with Gasteiger partial charge in [0.25, 0.3) is 5.91 Å². The molecule has 0 aromatic heterocycles. The molecule has 0 spiro atoms. The minimum absolute atomic E-state index is 0.113. The fourth-order valence-electron chi connectivity index (χ4n) is 1.77.